The molecular weight excluding hydrogens is 356 g/mol. The number of amides is 2. The fourth-order valence-corrected chi connectivity index (χ4v) is 3.71. The number of aliphatic hydroxyl groups excluding tert-OH is 1. The van der Waals surface area contributed by atoms with Gasteiger partial charge in [-0.25, -0.2) is 4.98 Å². The van der Waals surface area contributed by atoms with Crippen LogP contribution >= 0.6 is 0 Å². The van der Waals surface area contributed by atoms with E-state index in [1.165, 1.54) is 12.8 Å². The van der Waals surface area contributed by atoms with Gasteiger partial charge in [-0.2, -0.15) is 0 Å². The Morgan fingerprint density at radius 1 is 1.14 bits per heavy atom. The molecule has 1 heterocycles. The standard InChI is InChI=1S/C21H26N4O3/c26-19-11-16(20(27)23-12-14-1-2-14)5-8-18(19)24-21(28)15-3-6-17(7-4-15)25-10-9-22-13-25/h3-4,6-7,9-10,13-14,16,18-19,26H,1-2,5,8,11-12H2,(H,23,27)(H,24,28)/t16-,18+,19+/m0/s1. The number of aromatic nitrogens is 2. The molecule has 7 heteroatoms. The fourth-order valence-electron chi connectivity index (χ4n) is 3.71. The molecule has 2 amide bonds. The molecule has 3 atom stereocenters. The number of carbonyl (C=O) groups excluding carboxylic acids is 2. The van der Waals surface area contributed by atoms with Crippen LogP contribution in [0.1, 0.15) is 42.5 Å². The Morgan fingerprint density at radius 3 is 2.57 bits per heavy atom. The lowest BCUT2D eigenvalue weighted by Gasteiger charge is -2.33. The van der Waals surface area contributed by atoms with Crippen LogP contribution in [0.5, 0.6) is 0 Å². The van der Waals surface area contributed by atoms with Crippen molar-refractivity contribution < 1.29 is 14.7 Å². The van der Waals surface area contributed by atoms with Crippen LogP contribution in [0.3, 0.4) is 0 Å². The highest BCUT2D eigenvalue weighted by molar-refractivity contribution is 5.94. The average Bonchev–Trinajstić information content (AvgIpc) is 3.38. The SMILES string of the molecule is O=C(N[C@@H]1CC[C@H](C(=O)NCC2CC2)C[C@H]1O)c1ccc(-n2ccnc2)cc1. The summed E-state index contributed by atoms with van der Waals surface area (Å²) in [7, 11) is 0. The molecular formula is C21H26N4O3. The molecule has 0 unspecified atom stereocenters. The van der Waals surface area contributed by atoms with Crippen LogP contribution in [0.15, 0.2) is 43.0 Å². The van der Waals surface area contributed by atoms with Crippen LogP contribution in [0.25, 0.3) is 5.69 Å². The molecule has 3 N–H and O–H groups in total. The molecule has 0 aliphatic heterocycles. The van der Waals surface area contributed by atoms with Gasteiger partial charge in [-0.3, -0.25) is 9.59 Å². The highest BCUT2D eigenvalue weighted by Gasteiger charge is 2.34. The number of nitrogens with zero attached hydrogens (tertiary/aromatic N) is 2. The lowest BCUT2D eigenvalue weighted by Crippen LogP contribution is -2.49. The minimum atomic E-state index is -0.709. The van der Waals surface area contributed by atoms with Crippen molar-refractivity contribution in [2.45, 2.75) is 44.2 Å². The van der Waals surface area contributed by atoms with Crippen LogP contribution in [0.2, 0.25) is 0 Å². The topological polar surface area (TPSA) is 96.3 Å². The number of nitrogens with one attached hydrogen (secondary N) is 2. The van der Waals surface area contributed by atoms with Gasteiger partial charge in [0.05, 0.1) is 18.5 Å². The first-order valence-corrected chi connectivity index (χ1v) is 9.95. The molecule has 0 saturated heterocycles. The second-order valence-corrected chi connectivity index (χ2v) is 7.86. The Morgan fingerprint density at radius 2 is 1.93 bits per heavy atom. The van der Waals surface area contributed by atoms with Gasteiger partial charge < -0.3 is 20.3 Å². The summed E-state index contributed by atoms with van der Waals surface area (Å²) in [5, 5.41) is 16.3. The van der Waals surface area contributed by atoms with Crippen LogP contribution < -0.4 is 10.6 Å². The Balaban J connectivity index is 1.29. The van der Waals surface area contributed by atoms with Crippen molar-refractivity contribution >= 4 is 11.8 Å². The summed E-state index contributed by atoms with van der Waals surface area (Å²) in [6.45, 7) is 0.751. The predicted octanol–water partition coefficient (Wildman–Crippen LogP) is 1.66. The van der Waals surface area contributed by atoms with Crippen molar-refractivity contribution in [1.82, 2.24) is 20.2 Å². The second-order valence-electron chi connectivity index (χ2n) is 7.86. The van der Waals surface area contributed by atoms with Gasteiger partial charge in [0.25, 0.3) is 5.91 Å². The van der Waals surface area contributed by atoms with E-state index in [4.69, 9.17) is 0 Å². The maximum atomic E-state index is 12.5. The molecule has 0 bridgehead atoms. The summed E-state index contributed by atoms with van der Waals surface area (Å²) in [5.41, 5.74) is 1.46. The van der Waals surface area contributed by atoms with E-state index >= 15 is 0 Å². The highest BCUT2D eigenvalue weighted by atomic mass is 16.3. The molecule has 148 valence electrons. The third-order valence-electron chi connectivity index (χ3n) is 5.70. The van der Waals surface area contributed by atoms with E-state index < -0.39 is 6.10 Å². The molecule has 2 aliphatic rings. The Hall–Kier alpha value is -2.67. The smallest absolute Gasteiger partial charge is 0.251 e. The zero-order chi connectivity index (χ0) is 19.5. The van der Waals surface area contributed by atoms with Crippen LogP contribution in [-0.2, 0) is 4.79 Å². The number of aliphatic hydroxyl groups is 1. The van der Waals surface area contributed by atoms with Crippen molar-refractivity contribution in [1.29, 1.82) is 0 Å². The number of imidazole rings is 1. The van der Waals surface area contributed by atoms with E-state index in [9.17, 15) is 14.7 Å². The van der Waals surface area contributed by atoms with E-state index in [1.54, 1.807) is 24.7 Å². The van der Waals surface area contributed by atoms with Gasteiger partial charge in [0.1, 0.15) is 0 Å². The fraction of sp³-hybridized carbons (Fsp3) is 0.476. The van der Waals surface area contributed by atoms with Crippen LogP contribution in [0.4, 0.5) is 0 Å². The maximum absolute atomic E-state index is 12.5. The van der Waals surface area contributed by atoms with Crippen LogP contribution in [-0.4, -0.2) is 45.2 Å². The van der Waals surface area contributed by atoms with Gasteiger partial charge in [0, 0.05) is 36.1 Å². The molecule has 2 aromatic rings. The summed E-state index contributed by atoms with van der Waals surface area (Å²) >= 11 is 0. The number of hydrogen-bond acceptors (Lipinski definition) is 4. The summed E-state index contributed by atoms with van der Waals surface area (Å²) in [6.07, 6.45) is 8.59. The molecule has 2 fully saturated rings. The summed E-state index contributed by atoms with van der Waals surface area (Å²) in [4.78, 5) is 28.8. The van der Waals surface area contributed by atoms with Crippen molar-refractivity contribution in [2.75, 3.05) is 6.54 Å². The van der Waals surface area contributed by atoms with Gasteiger partial charge in [0.15, 0.2) is 0 Å². The first-order chi connectivity index (χ1) is 13.6. The van der Waals surface area contributed by atoms with E-state index in [2.05, 4.69) is 15.6 Å². The lowest BCUT2D eigenvalue weighted by atomic mass is 9.83. The number of carbonyl (C=O) groups is 2. The Bertz CT molecular complexity index is 815. The van der Waals surface area contributed by atoms with Gasteiger partial charge in [-0.1, -0.05) is 0 Å². The summed E-state index contributed by atoms with van der Waals surface area (Å²) < 4.78 is 1.86. The maximum Gasteiger partial charge on any atom is 0.251 e. The van der Waals surface area contributed by atoms with Crippen molar-refractivity contribution in [3.63, 3.8) is 0 Å². The molecule has 4 rings (SSSR count). The van der Waals surface area contributed by atoms with E-state index in [1.807, 2.05) is 22.9 Å². The van der Waals surface area contributed by atoms with Gasteiger partial charge in [-0.05, 0) is 62.3 Å². The molecule has 2 saturated carbocycles. The van der Waals surface area contributed by atoms with Gasteiger partial charge >= 0.3 is 0 Å². The van der Waals surface area contributed by atoms with Crippen LogP contribution in [0, 0.1) is 11.8 Å². The van der Waals surface area contributed by atoms with E-state index in [-0.39, 0.29) is 23.8 Å². The lowest BCUT2D eigenvalue weighted by molar-refractivity contribution is -0.127. The Labute approximate surface area is 164 Å². The second kappa shape index (κ2) is 8.14. The Kier molecular flexibility index (Phi) is 5.43. The zero-order valence-electron chi connectivity index (χ0n) is 15.8. The molecule has 0 spiro atoms. The molecule has 28 heavy (non-hydrogen) atoms. The minimum Gasteiger partial charge on any atom is -0.391 e. The highest BCUT2D eigenvalue weighted by Crippen LogP contribution is 2.29. The molecule has 2 aliphatic carbocycles. The molecule has 0 radical (unpaired) electrons. The molecule has 1 aromatic heterocycles. The van der Waals surface area contributed by atoms with Crippen molar-refractivity contribution in [3.8, 4) is 5.69 Å². The van der Waals surface area contributed by atoms with E-state index in [0.29, 0.717) is 30.7 Å². The average molecular weight is 382 g/mol. The van der Waals surface area contributed by atoms with Crippen molar-refractivity contribution in [2.24, 2.45) is 11.8 Å². The predicted molar refractivity (Wildman–Crippen MR) is 104 cm³/mol. The molecule has 7 nitrogen and oxygen atoms in total. The van der Waals surface area contributed by atoms with Crippen molar-refractivity contribution in [3.05, 3.63) is 48.5 Å². The molecule has 1 aromatic carbocycles. The largest absolute Gasteiger partial charge is 0.391 e. The van der Waals surface area contributed by atoms with Gasteiger partial charge in [0.2, 0.25) is 5.91 Å². The number of rotatable bonds is 6. The minimum absolute atomic E-state index is 0.0332. The number of benzene rings is 1. The van der Waals surface area contributed by atoms with Gasteiger partial charge in [-0.15, -0.1) is 0 Å². The third-order valence-corrected chi connectivity index (χ3v) is 5.70. The van der Waals surface area contributed by atoms with E-state index in [0.717, 1.165) is 12.2 Å². The summed E-state index contributed by atoms with van der Waals surface area (Å²) in [6, 6.07) is 6.90. The zero-order valence-corrected chi connectivity index (χ0v) is 15.8. The normalized spacial score (nSPS) is 24.5. The number of hydrogen-bond donors (Lipinski definition) is 3. The summed E-state index contributed by atoms with van der Waals surface area (Å²) in [5.74, 6) is 0.296. The first kappa shape index (κ1) is 18.7. The quantitative estimate of drug-likeness (QED) is 0.708. The first-order valence-electron chi connectivity index (χ1n) is 9.95. The monoisotopic (exact) mass is 382 g/mol. The third kappa shape index (κ3) is 4.42.